The first-order valence-corrected chi connectivity index (χ1v) is 5.22. The maximum absolute atomic E-state index is 9.71. The molecule has 0 heterocycles. The fourth-order valence-corrected chi connectivity index (χ4v) is 1.29. The summed E-state index contributed by atoms with van der Waals surface area (Å²) in [5.74, 6) is 0. The van der Waals surface area contributed by atoms with E-state index in [2.05, 4.69) is 6.92 Å². The molecule has 0 aromatic heterocycles. The molecule has 0 radical (unpaired) electrons. The van der Waals surface area contributed by atoms with Gasteiger partial charge in [0.1, 0.15) is 0 Å². The van der Waals surface area contributed by atoms with E-state index in [1.165, 1.54) is 0 Å². The van der Waals surface area contributed by atoms with E-state index in [9.17, 15) is 5.11 Å². The van der Waals surface area contributed by atoms with Crippen molar-refractivity contribution in [2.75, 3.05) is 0 Å². The van der Waals surface area contributed by atoms with Crippen LogP contribution in [0.5, 0.6) is 0 Å². The summed E-state index contributed by atoms with van der Waals surface area (Å²) in [7, 11) is 0. The van der Waals surface area contributed by atoms with Crippen molar-refractivity contribution in [3.63, 3.8) is 0 Å². The Kier molecular flexibility index (Phi) is 4.71. The minimum Gasteiger partial charge on any atom is -0.384 e. The van der Waals surface area contributed by atoms with Gasteiger partial charge >= 0.3 is 0 Å². The molecule has 14 heavy (non-hydrogen) atoms. The number of unbranched alkanes of at least 4 members (excludes halogenated alkanes) is 1. The maximum Gasteiger partial charge on any atom is 0.0971 e. The van der Waals surface area contributed by atoms with Crippen LogP contribution in [0, 0.1) is 0 Å². The summed E-state index contributed by atoms with van der Waals surface area (Å²) in [6, 6.07) is 7.24. The third-order valence-corrected chi connectivity index (χ3v) is 2.24. The second-order valence-electron chi connectivity index (χ2n) is 3.21. The van der Waals surface area contributed by atoms with Crippen LogP contribution in [0.25, 0.3) is 0 Å². The minimum atomic E-state index is -0.515. The minimum absolute atomic E-state index is 0.515. The topological polar surface area (TPSA) is 20.2 Å². The van der Waals surface area contributed by atoms with Gasteiger partial charge in [0.2, 0.25) is 0 Å². The molecule has 1 N–H and O–H groups in total. The highest BCUT2D eigenvalue weighted by molar-refractivity contribution is 6.30. The molecule has 0 saturated carbocycles. The summed E-state index contributed by atoms with van der Waals surface area (Å²) in [5, 5.41) is 10.4. The summed E-state index contributed by atoms with van der Waals surface area (Å²) in [5.41, 5.74) is 0.877. The van der Waals surface area contributed by atoms with Gasteiger partial charge in [-0.3, -0.25) is 0 Å². The van der Waals surface area contributed by atoms with E-state index in [-0.39, 0.29) is 0 Å². The van der Waals surface area contributed by atoms with Crippen molar-refractivity contribution in [1.29, 1.82) is 0 Å². The van der Waals surface area contributed by atoms with Crippen LogP contribution in [0.4, 0.5) is 0 Å². The van der Waals surface area contributed by atoms with Crippen molar-refractivity contribution < 1.29 is 5.11 Å². The van der Waals surface area contributed by atoms with Crippen LogP contribution in [0.3, 0.4) is 0 Å². The average Bonchev–Trinajstić information content (AvgIpc) is 2.19. The second kappa shape index (κ2) is 5.84. The van der Waals surface area contributed by atoms with Crippen LogP contribution in [-0.4, -0.2) is 5.11 Å². The number of halogens is 1. The Hall–Kier alpha value is -0.790. The number of hydrogen-bond donors (Lipinski definition) is 1. The number of aliphatic hydroxyl groups excluding tert-OH is 1. The van der Waals surface area contributed by atoms with Crippen molar-refractivity contribution in [1.82, 2.24) is 0 Å². The van der Waals surface area contributed by atoms with Gasteiger partial charge in [-0.2, -0.15) is 0 Å². The van der Waals surface area contributed by atoms with Gasteiger partial charge in [0.15, 0.2) is 0 Å². The van der Waals surface area contributed by atoms with Crippen LogP contribution < -0.4 is 0 Å². The first kappa shape index (κ1) is 11.3. The van der Waals surface area contributed by atoms with E-state index < -0.39 is 6.10 Å². The van der Waals surface area contributed by atoms with E-state index in [1.807, 2.05) is 24.3 Å². The van der Waals surface area contributed by atoms with Gasteiger partial charge in [0, 0.05) is 5.02 Å². The quantitative estimate of drug-likeness (QED) is 0.751. The molecule has 0 fully saturated rings. The Morgan fingerprint density at radius 3 is 2.57 bits per heavy atom. The lowest BCUT2D eigenvalue weighted by Gasteiger charge is -2.05. The van der Waals surface area contributed by atoms with Gasteiger partial charge in [-0.1, -0.05) is 49.2 Å². The summed E-state index contributed by atoms with van der Waals surface area (Å²) in [6.45, 7) is 2.11. The van der Waals surface area contributed by atoms with Crippen molar-refractivity contribution >= 4 is 11.6 Å². The molecule has 1 atom stereocenters. The van der Waals surface area contributed by atoms with Gasteiger partial charge in [-0.15, -0.1) is 0 Å². The number of rotatable bonds is 4. The molecule has 1 aromatic rings. The number of benzene rings is 1. The molecular formula is C12H15ClO. The third kappa shape index (κ3) is 3.52. The molecular weight excluding hydrogens is 196 g/mol. The van der Waals surface area contributed by atoms with E-state index >= 15 is 0 Å². The van der Waals surface area contributed by atoms with E-state index in [1.54, 1.807) is 12.1 Å². The van der Waals surface area contributed by atoms with E-state index in [4.69, 9.17) is 11.6 Å². The first-order chi connectivity index (χ1) is 6.74. The molecule has 0 spiro atoms. The van der Waals surface area contributed by atoms with Crippen LogP contribution in [0.2, 0.25) is 5.02 Å². The Balaban J connectivity index is 2.60. The number of aliphatic hydroxyl groups is 1. The predicted molar refractivity (Wildman–Crippen MR) is 60.5 cm³/mol. The molecule has 0 aliphatic heterocycles. The van der Waals surface area contributed by atoms with Crippen LogP contribution in [-0.2, 0) is 0 Å². The first-order valence-electron chi connectivity index (χ1n) is 4.84. The molecule has 0 saturated heterocycles. The molecule has 0 bridgehead atoms. The molecule has 1 unspecified atom stereocenters. The monoisotopic (exact) mass is 210 g/mol. The van der Waals surface area contributed by atoms with Gasteiger partial charge < -0.3 is 5.11 Å². The largest absolute Gasteiger partial charge is 0.384 e. The Morgan fingerprint density at radius 2 is 2.00 bits per heavy atom. The van der Waals surface area contributed by atoms with Crippen molar-refractivity contribution in [2.45, 2.75) is 25.9 Å². The Labute approximate surface area is 90.0 Å². The summed E-state index contributed by atoms with van der Waals surface area (Å²) >= 11 is 5.74. The van der Waals surface area contributed by atoms with Gasteiger partial charge in [0.05, 0.1) is 6.10 Å². The van der Waals surface area contributed by atoms with Crippen molar-refractivity contribution in [3.05, 3.63) is 47.0 Å². The average molecular weight is 211 g/mol. The van der Waals surface area contributed by atoms with Gasteiger partial charge in [-0.05, 0) is 24.1 Å². The zero-order chi connectivity index (χ0) is 10.4. The molecule has 0 aliphatic carbocycles. The number of hydrogen-bond acceptors (Lipinski definition) is 1. The molecule has 2 heteroatoms. The van der Waals surface area contributed by atoms with Crippen molar-refractivity contribution in [2.24, 2.45) is 0 Å². The van der Waals surface area contributed by atoms with Crippen LogP contribution >= 0.6 is 11.6 Å². The number of allylic oxidation sites excluding steroid dienone is 1. The summed E-state index contributed by atoms with van der Waals surface area (Å²) in [6.07, 6.45) is 5.40. The summed E-state index contributed by atoms with van der Waals surface area (Å²) < 4.78 is 0. The standard InChI is InChI=1S/C12H15ClO/c1-2-3-4-5-12(14)10-6-8-11(13)9-7-10/h4-9,12,14H,2-3H2,1H3/b5-4+. The molecule has 0 amide bonds. The zero-order valence-corrected chi connectivity index (χ0v) is 9.04. The van der Waals surface area contributed by atoms with Crippen molar-refractivity contribution in [3.8, 4) is 0 Å². The Morgan fingerprint density at radius 1 is 1.36 bits per heavy atom. The fraction of sp³-hybridized carbons (Fsp3) is 0.333. The van der Waals surface area contributed by atoms with E-state index in [0.717, 1.165) is 18.4 Å². The highest BCUT2D eigenvalue weighted by Crippen LogP contribution is 2.17. The smallest absolute Gasteiger partial charge is 0.0971 e. The zero-order valence-electron chi connectivity index (χ0n) is 8.28. The molecule has 1 nitrogen and oxygen atoms in total. The normalized spacial score (nSPS) is 13.4. The van der Waals surface area contributed by atoms with Gasteiger partial charge in [-0.25, -0.2) is 0 Å². The fourth-order valence-electron chi connectivity index (χ4n) is 1.16. The predicted octanol–water partition coefficient (Wildman–Crippen LogP) is 3.73. The lowest BCUT2D eigenvalue weighted by Crippen LogP contribution is -1.91. The van der Waals surface area contributed by atoms with E-state index in [0.29, 0.717) is 5.02 Å². The second-order valence-corrected chi connectivity index (χ2v) is 3.65. The molecule has 1 aromatic carbocycles. The van der Waals surface area contributed by atoms with Gasteiger partial charge in [0.25, 0.3) is 0 Å². The lowest BCUT2D eigenvalue weighted by molar-refractivity contribution is 0.228. The SMILES string of the molecule is CCC/C=C/C(O)c1ccc(Cl)cc1. The Bertz CT molecular complexity index is 290. The highest BCUT2D eigenvalue weighted by Gasteiger charge is 2.01. The lowest BCUT2D eigenvalue weighted by atomic mass is 10.1. The van der Waals surface area contributed by atoms with Crippen LogP contribution in [0.15, 0.2) is 36.4 Å². The maximum atomic E-state index is 9.71. The third-order valence-electron chi connectivity index (χ3n) is 1.99. The van der Waals surface area contributed by atoms with Crippen LogP contribution in [0.1, 0.15) is 31.4 Å². The summed E-state index contributed by atoms with van der Waals surface area (Å²) in [4.78, 5) is 0. The highest BCUT2D eigenvalue weighted by atomic mass is 35.5. The molecule has 1 rings (SSSR count). The molecule has 76 valence electrons. The molecule has 0 aliphatic rings.